The fourth-order valence-electron chi connectivity index (χ4n) is 1.30. The zero-order chi connectivity index (χ0) is 9.42. The van der Waals surface area contributed by atoms with E-state index in [2.05, 4.69) is 29.2 Å². The predicted molar refractivity (Wildman–Crippen MR) is 60.7 cm³/mol. The number of hydrogen-bond acceptors (Lipinski definition) is 1. The Kier molecular flexibility index (Phi) is 2.24. The molecule has 0 heterocycles. The van der Waals surface area contributed by atoms with Gasteiger partial charge in [-0.3, -0.25) is 4.79 Å². The molecule has 0 bridgehead atoms. The van der Waals surface area contributed by atoms with E-state index in [-0.39, 0.29) is 11.7 Å². The fourth-order valence-corrected chi connectivity index (χ4v) is 1.66. The molecule has 0 radical (unpaired) electrons. The summed E-state index contributed by atoms with van der Waals surface area (Å²) >= 11 is 2.23. The number of benzene rings is 1. The molecule has 1 atom stereocenters. The van der Waals surface area contributed by atoms with Crippen LogP contribution in [-0.4, -0.2) is 5.78 Å². The highest BCUT2D eigenvalue weighted by Gasteiger charge is 2.34. The molecule has 1 aromatic rings. The van der Waals surface area contributed by atoms with Gasteiger partial charge in [-0.2, -0.15) is 0 Å². The van der Waals surface area contributed by atoms with Crippen LogP contribution >= 0.6 is 22.6 Å². The lowest BCUT2D eigenvalue weighted by atomic mass is 10.1. The van der Waals surface area contributed by atoms with Crippen molar-refractivity contribution >= 4 is 28.4 Å². The van der Waals surface area contributed by atoms with Crippen LogP contribution in [0.2, 0.25) is 0 Å². The summed E-state index contributed by atoms with van der Waals surface area (Å²) in [5.74, 6) is 0.335. The molecule has 0 spiro atoms. The lowest BCUT2D eigenvalue weighted by Crippen LogP contribution is -2.00. The minimum absolute atomic E-state index is 0.111. The van der Waals surface area contributed by atoms with Crippen molar-refractivity contribution in [2.45, 2.75) is 6.42 Å². The van der Waals surface area contributed by atoms with Gasteiger partial charge in [0.25, 0.3) is 0 Å². The predicted octanol–water partition coefficient (Wildman–Crippen LogP) is 3.05. The SMILES string of the molecule is C=C1CC1C(=O)c1ccc(I)cc1. The molecule has 2 heteroatoms. The van der Waals surface area contributed by atoms with Gasteiger partial charge in [-0.25, -0.2) is 0 Å². The van der Waals surface area contributed by atoms with E-state index >= 15 is 0 Å². The van der Waals surface area contributed by atoms with E-state index in [4.69, 9.17) is 0 Å². The van der Waals surface area contributed by atoms with Crippen molar-refractivity contribution in [1.82, 2.24) is 0 Å². The zero-order valence-corrected chi connectivity index (χ0v) is 9.24. The second-order valence-electron chi connectivity index (χ2n) is 3.29. The van der Waals surface area contributed by atoms with Gasteiger partial charge in [0.2, 0.25) is 0 Å². The summed E-state index contributed by atoms with van der Waals surface area (Å²) in [6.45, 7) is 3.79. The minimum Gasteiger partial charge on any atom is -0.293 e. The summed E-state index contributed by atoms with van der Waals surface area (Å²) in [6, 6.07) is 7.68. The molecule has 1 aliphatic rings. The molecule has 2 rings (SSSR count). The molecule has 1 aromatic carbocycles. The third-order valence-corrected chi connectivity index (χ3v) is 2.96. The monoisotopic (exact) mass is 284 g/mol. The molecule has 0 amide bonds. The first-order chi connectivity index (χ1) is 6.18. The van der Waals surface area contributed by atoms with Crippen LogP contribution in [-0.2, 0) is 0 Å². The van der Waals surface area contributed by atoms with Crippen LogP contribution in [0, 0.1) is 9.49 Å². The Morgan fingerprint density at radius 1 is 1.38 bits per heavy atom. The van der Waals surface area contributed by atoms with E-state index in [9.17, 15) is 4.79 Å². The largest absolute Gasteiger partial charge is 0.293 e. The average molecular weight is 284 g/mol. The number of Topliss-reactive ketones (excluding diaryl/α,β-unsaturated/α-hetero) is 1. The van der Waals surface area contributed by atoms with Crippen LogP contribution in [0.3, 0.4) is 0 Å². The number of halogens is 1. The number of carbonyl (C=O) groups is 1. The highest BCUT2D eigenvalue weighted by Crippen LogP contribution is 2.38. The third kappa shape index (κ3) is 1.82. The molecule has 1 aliphatic carbocycles. The van der Waals surface area contributed by atoms with Gasteiger partial charge in [0.05, 0.1) is 0 Å². The van der Waals surface area contributed by atoms with Crippen molar-refractivity contribution in [3.63, 3.8) is 0 Å². The van der Waals surface area contributed by atoms with Crippen LogP contribution in [0.15, 0.2) is 36.4 Å². The van der Waals surface area contributed by atoms with Gasteiger partial charge in [-0.15, -0.1) is 0 Å². The van der Waals surface area contributed by atoms with E-state index in [0.717, 1.165) is 21.1 Å². The van der Waals surface area contributed by atoms with Crippen molar-refractivity contribution < 1.29 is 4.79 Å². The van der Waals surface area contributed by atoms with Crippen molar-refractivity contribution in [3.8, 4) is 0 Å². The molecule has 13 heavy (non-hydrogen) atoms. The molecule has 1 saturated carbocycles. The lowest BCUT2D eigenvalue weighted by Gasteiger charge is -1.97. The van der Waals surface area contributed by atoms with Gasteiger partial charge in [0.1, 0.15) is 0 Å². The number of allylic oxidation sites excluding steroid dienone is 1. The van der Waals surface area contributed by atoms with Gasteiger partial charge < -0.3 is 0 Å². The van der Waals surface area contributed by atoms with Crippen molar-refractivity contribution in [1.29, 1.82) is 0 Å². The average Bonchev–Trinajstić information content (AvgIpc) is 2.83. The molecule has 1 nitrogen and oxygen atoms in total. The van der Waals surface area contributed by atoms with Crippen LogP contribution in [0.5, 0.6) is 0 Å². The molecule has 66 valence electrons. The molecule has 0 N–H and O–H groups in total. The maximum absolute atomic E-state index is 11.7. The highest BCUT2D eigenvalue weighted by atomic mass is 127. The Hall–Kier alpha value is -0.640. The lowest BCUT2D eigenvalue weighted by molar-refractivity contribution is 0.0972. The summed E-state index contributed by atoms with van der Waals surface area (Å²) in [6.07, 6.45) is 0.880. The third-order valence-electron chi connectivity index (χ3n) is 2.24. The first-order valence-electron chi connectivity index (χ1n) is 4.16. The van der Waals surface area contributed by atoms with Gasteiger partial charge in [0, 0.05) is 15.1 Å². The Labute approximate surface area is 91.0 Å². The summed E-state index contributed by atoms with van der Waals surface area (Å²) in [5.41, 5.74) is 1.88. The maximum Gasteiger partial charge on any atom is 0.170 e. The zero-order valence-electron chi connectivity index (χ0n) is 7.09. The van der Waals surface area contributed by atoms with E-state index in [1.165, 1.54) is 0 Å². The van der Waals surface area contributed by atoms with E-state index in [0.29, 0.717) is 0 Å². The Morgan fingerprint density at radius 3 is 2.38 bits per heavy atom. The topological polar surface area (TPSA) is 17.1 Å². The van der Waals surface area contributed by atoms with Gasteiger partial charge in [-0.05, 0) is 41.1 Å². The number of ketones is 1. The van der Waals surface area contributed by atoms with Crippen LogP contribution in [0.4, 0.5) is 0 Å². The molecule has 0 saturated heterocycles. The number of rotatable bonds is 2. The molecular weight excluding hydrogens is 275 g/mol. The van der Waals surface area contributed by atoms with Gasteiger partial charge in [0.15, 0.2) is 5.78 Å². The first-order valence-corrected chi connectivity index (χ1v) is 5.24. The Bertz CT molecular complexity index is 364. The quantitative estimate of drug-likeness (QED) is 0.463. The van der Waals surface area contributed by atoms with Crippen LogP contribution < -0.4 is 0 Å². The van der Waals surface area contributed by atoms with Gasteiger partial charge >= 0.3 is 0 Å². The number of carbonyl (C=O) groups excluding carboxylic acids is 1. The Morgan fingerprint density at radius 2 is 1.92 bits per heavy atom. The van der Waals surface area contributed by atoms with Crippen molar-refractivity contribution in [2.75, 3.05) is 0 Å². The van der Waals surface area contributed by atoms with Crippen molar-refractivity contribution in [3.05, 3.63) is 45.6 Å². The first kappa shape index (κ1) is 8.94. The maximum atomic E-state index is 11.7. The fraction of sp³-hybridized carbons (Fsp3) is 0.182. The molecular formula is C11H9IO. The van der Waals surface area contributed by atoms with Crippen LogP contribution in [0.1, 0.15) is 16.8 Å². The Balaban J connectivity index is 2.21. The minimum atomic E-state index is 0.111. The summed E-state index contributed by atoms with van der Waals surface area (Å²) in [5, 5.41) is 0. The van der Waals surface area contributed by atoms with E-state index in [1.54, 1.807) is 0 Å². The molecule has 0 aliphatic heterocycles. The highest BCUT2D eigenvalue weighted by molar-refractivity contribution is 14.1. The summed E-state index contributed by atoms with van der Waals surface area (Å²) in [7, 11) is 0. The normalized spacial score (nSPS) is 20.1. The summed E-state index contributed by atoms with van der Waals surface area (Å²) < 4.78 is 1.16. The molecule has 1 fully saturated rings. The molecule has 0 aromatic heterocycles. The second-order valence-corrected chi connectivity index (χ2v) is 4.53. The van der Waals surface area contributed by atoms with Crippen LogP contribution in [0.25, 0.3) is 0 Å². The van der Waals surface area contributed by atoms with Crippen molar-refractivity contribution in [2.24, 2.45) is 5.92 Å². The molecule has 1 unspecified atom stereocenters. The number of hydrogen-bond donors (Lipinski definition) is 0. The summed E-state index contributed by atoms with van der Waals surface area (Å²) in [4.78, 5) is 11.7. The second kappa shape index (κ2) is 3.25. The van der Waals surface area contributed by atoms with E-state index < -0.39 is 0 Å². The van der Waals surface area contributed by atoms with E-state index in [1.807, 2.05) is 24.3 Å². The smallest absolute Gasteiger partial charge is 0.170 e. The standard InChI is InChI=1S/C11H9IO/c1-7-6-10(7)11(13)8-2-4-9(12)5-3-8/h2-5,10H,1,6H2. The van der Waals surface area contributed by atoms with Gasteiger partial charge in [-0.1, -0.05) is 24.3 Å².